The number of rotatable bonds is 1. The molecule has 1 saturated carbocycles. The van der Waals surface area contributed by atoms with Crippen LogP contribution in [-0.2, 0) is 4.79 Å². The van der Waals surface area contributed by atoms with E-state index in [9.17, 15) is 4.79 Å². The molecule has 1 aliphatic rings. The van der Waals surface area contributed by atoms with Crippen LogP contribution in [0.15, 0.2) is 0 Å². The van der Waals surface area contributed by atoms with E-state index in [1.165, 1.54) is 12.8 Å². The molecule has 1 atom stereocenters. The maximum absolute atomic E-state index is 11.5. The summed E-state index contributed by atoms with van der Waals surface area (Å²) in [5, 5.41) is 0. The van der Waals surface area contributed by atoms with Gasteiger partial charge in [0.1, 0.15) is 5.78 Å². The lowest BCUT2D eigenvalue weighted by atomic mass is 9.96. The van der Waals surface area contributed by atoms with E-state index in [0.717, 1.165) is 25.7 Å². The Hall–Kier alpha value is -0.770. The van der Waals surface area contributed by atoms with Gasteiger partial charge in [0.15, 0.2) is 0 Å². The Balaban J connectivity index is 2.45. The summed E-state index contributed by atoms with van der Waals surface area (Å²) in [6.07, 6.45) is 6.16. The molecule has 0 saturated heterocycles. The van der Waals surface area contributed by atoms with Crippen LogP contribution in [0.25, 0.3) is 0 Å². The van der Waals surface area contributed by atoms with Crippen molar-refractivity contribution in [3.63, 3.8) is 0 Å². The van der Waals surface area contributed by atoms with Gasteiger partial charge in [-0.25, -0.2) is 0 Å². The first kappa shape index (κ1) is 9.32. The van der Waals surface area contributed by atoms with E-state index in [2.05, 4.69) is 11.8 Å². The molecule has 12 heavy (non-hydrogen) atoms. The zero-order valence-corrected chi connectivity index (χ0v) is 7.73. The maximum Gasteiger partial charge on any atom is 0.136 e. The van der Waals surface area contributed by atoms with E-state index in [1.807, 2.05) is 6.92 Å². The van der Waals surface area contributed by atoms with Crippen molar-refractivity contribution in [2.45, 2.75) is 45.4 Å². The molecule has 0 aliphatic heterocycles. The van der Waals surface area contributed by atoms with Gasteiger partial charge in [0.25, 0.3) is 0 Å². The maximum atomic E-state index is 11.5. The summed E-state index contributed by atoms with van der Waals surface area (Å²) in [6, 6.07) is 0. The van der Waals surface area contributed by atoms with Crippen molar-refractivity contribution >= 4 is 5.78 Å². The number of carbonyl (C=O) groups excluding carboxylic acids is 1. The highest BCUT2D eigenvalue weighted by Crippen LogP contribution is 2.21. The van der Waals surface area contributed by atoms with Crippen LogP contribution >= 0.6 is 0 Å². The molecule has 0 heterocycles. The standard InChI is InChI=1S/C11H16O/c1-2-3-7-10-8-5-4-6-9-11(10)12/h10H,4-9H2,1H3. The molecule has 0 bridgehead atoms. The van der Waals surface area contributed by atoms with Crippen LogP contribution in [0.2, 0.25) is 0 Å². The molecule has 0 amide bonds. The highest BCUT2D eigenvalue weighted by atomic mass is 16.1. The van der Waals surface area contributed by atoms with Crippen molar-refractivity contribution in [1.29, 1.82) is 0 Å². The fourth-order valence-electron chi connectivity index (χ4n) is 1.67. The minimum atomic E-state index is 0.250. The minimum Gasteiger partial charge on any atom is -0.299 e. The van der Waals surface area contributed by atoms with E-state index in [-0.39, 0.29) is 5.92 Å². The summed E-state index contributed by atoms with van der Waals surface area (Å²) in [5.41, 5.74) is 0. The van der Waals surface area contributed by atoms with Crippen LogP contribution in [0.4, 0.5) is 0 Å². The van der Waals surface area contributed by atoms with Crippen LogP contribution < -0.4 is 0 Å². The van der Waals surface area contributed by atoms with E-state index < -0.39 is 0 Å². The topological polar surface area (TPSA) is 17.1 Å². The first-order valence-electron chi connectivity index (χ1n) is 4.77. The Morgan fingerprint density at radius 1 is 1.42 bits per heavy atom. The smallest absolute Gasteiger partial charge is 0.136 e. The molecule has 0 radical (unpaired) electrons. The lowest BCUT2D eigenvalue weighted by Gasteiger charge is -2.07. The average molecular weight is 164 g/mol. The summed E-state index contributed by atoms with van der Waals surface area (Å²) in [7, 11) is 0. The molecule has 1 fully saturated rings. The van der Waals surface area contributed by atoms with Crippen molar-refractivity contribution in [2.24, 2.45) is 5.92 Å². The van der Waals surface area contributed by atoms with Gasteiger partial charge in [-0.05, 0) is 19.8 Å². The monoisotopic (exact) mass is 164 g/mol. The number of hydrogen-bond acceptors (Lipinski definition) is 1. The second kappa shape index (κ2) is 4.98. The van der Waals surface area contributed by atoms with Crippen molar-refractivity contribution in [3.05, 3.63) is 0 Å². The second-order valence-corrected chi connectivity index (χ2v) is 3.39. The largest absolute Gasteiger partial charge is 0.299 e. The van der Waals surface area contributed by atoms with E-state index in [0.29, 0.717) is 5.78 Å². The van der Waals surface area contributed by atoms with Gasteiger partial charge in [0, 0.05) is 18.8 Å². The van der Waals surface area contributed by atoms with Crippen LogP contribution in [0.3, 0.4) is 0 Å². The van der Waals surface area contributed by atoms with Crippen molar-refractivity contribution in [1.82, 2.24) is 0 Å². The van der Waals surface area contributed by atoms with Crippen molar-refractivity contribution in [3.8, 4) is 11.8 Å². The summed E-state index contributed by atoms with van der Waals surface area (Å²) in [4.78, 5) is 11.5. The molecular formula is C11H16O. The van der Waals surface area contributed by atoms with Gasteiger partial charge in [0.2, 0.25) is 0 Å². The number of ketones is 1. The molecule has 0 aromatic carbocycles. The lowest BCUT2D eigenvalue weighted by molar-refractivity contribution is -0.122. The van der Waals surface area contributed by atoms with Gasteiger partial charge >= 0.3 is 0 Å². The van der Waals surface area contributed by atoms with Gasteiger partial charge in [-0.2, -0.15) is 0 Å². The van der Waals surface area contributed by atoms with Gasteiger partial charge in [-0.15, -0.1) is 11.8 Å². The minimum absolute atomic E-state index is 0.250. The molecule has 1 nitrogen and oxygen atoms in total. The Bertz CT molecular complexity index is 207. The Kier molecular flexibility index (Phi) is 3.87. The quantitative estimate of drug-likeness (QED) is 0.430. The zero-order valence-electron chi connectivity index (χ0n) is 7.73. The summed E-state index contributed by atoms with van der Waals surface area (Å²) >= 11 is 0. The van der Waals surface area contributed by atoms with E-state index in [1.54, 1.807) is 0 Å². The Morgan fingerprint density at radius 2 is 2.25 bits per heavy atom. The third-order valence-corrected chi connectivity index (χ3v) is 2.46. The molecule has 0 N–H and O–H groups in total. The number of carbonyl (C=O) groups is 1. The highest BCUT2D eigenvalue weighted by molar-refractivity contribution is 5.81. The molecule has 0 aromatic heterocycles. The van der Waals surface area contributed by atoms with Crippen LogP contribution in [0.5, 0.6) is 0 Å². The number of Topliss-reactive ketones (excluding diaryl/α,β-unsaturated/α-hetero) is 1. The second-order valence-electron chi connectivity index (χ2n) is 3.39. The highest BCUT2D eigenvalue weighted by Gasteiger charge is 2.19. The molecule has 1 unspecified atom stereocenters. The van der Waals surface area contributed by atoms with Gasteiger partial charge < -0.3 is 0 Å². The molecular weight excluding hydrogens is 148 g/mol. The van der Waals surface area contributed by atoms with Gasteiger partial charge in [0.05, 0.1) is 0 Å². The van der Waals surface area contributed by atoms with Crippen LogP contribution in [0, 0.1) is 17.8 Å². The zero-order chi connectivity index (χ0) is 8.81. The predicted octanol–water partition coefficient (Wildman–Crippen LogP) is 2.55. The number of hydrogen-bond donors (Lipinski definition) is 0. The third-order valence-electron chi connectivity index (χ3n) is 2.46. The SMILES string of the molecule is CC#CCC1CCCCCC1=O. The van der Waals surface area contributed by atoms with Crippen molar-refractivity contribution < 1.29 is 4.79 Å². The summed E-state index contributed by atoms with van der Waals surface area (Å²) in [5.74, 6) is 6.55. The lowest BCUT2D eigenvalue weighted by Crippen LogP contribution is -2.11. The molecule has 66 valence electrons. The summed E-state index contributed by atoms with van der Waals surface area (Å²) < 4.78 is 0. The van der Waals surface area contributed by atoms with Crippen molar-refractivity contribution in [2.75, 3.05) is 0 Å². The third kappa shape index (κ3) is 2.70. The molecule has 0 spiro atoms. The van der Waals surface area contributed by atoms with Crippen LogP contribution in [0.1, 0.15) is 45.4 Å². The summed E-state index contributed by atoms with van der Waals surface area (Å²) in [6.45, 7) is 1.83. The molecule has 1 heteroatoms. The first-order chi connectivity index (χ1) is 5.84. The fraction of sp³-hybridized carbons (Fsp3) is 0.727. The molecule has 0 aromatic rings. The average Bonchev–Trinajstić information content (AvgIpc) is 2.27. The molecule has 1 rings (SSSR count). The van der Waals surface area contributed by atoms with Crippen LogP contribution in [-0.4, -0.2) is 5.78 Å². The molecule has 1 aliphatic carbocycles. The van der Waals surface area contributed by atoms with Gasteiger partial charge in [-0.3, -0.25) is 4.79 Å². The Morgan fingerprint density at radius 3 is 3.00 bits per heavy atom. The normalized spacial score (nSPS) is 24.1. The van der Waals surface area contributed by atoms with E-state index in [4.69, 9.17) is 0 Å². The van der Waals surface area contributed by atoms with E-state index >= 15 is 0 Å². The first-order valence-corrected chi connectivity index (χ1v) is 4.77. The predicted molar refractivity (Wildman–Crippen MR) is 49.6 cm³/mol. The fourth-order valence-corrected chi connectivity index (χ4v) is 1.67. The van der Waals surface area contributed by atoms with Gasteiger partial charge in [-0.1, -0.05) is 12.8 Å². The Labute approximate surface area is 74.5 Å².